The third kappa shape index (κ3) is 2.94. The van der Waals surface area contributed by atoms with Gasteiger partial charge in [-0.3, -0.25) is 4.79 Å². The van der Waals surface area contributed by atoms with E-state index in [-0.39, 0.29) is 12.3 Å². The average molecular weight is 174 g/mol. The number of rotatable bonds is 3. The first-order chi connectivity index (χ1) is 6.09. The van der Waals surface area contributed by atoms with Crippen molar-refractivity contribution in [2.24, 2.45) is 0 Å². The molecule has 0 aliphatic heterocycles. The molecule has 0 amide bonds. The van der Waals surface area contributed by atoms with E-state index in [1.165, 1.54) is 0 Å². The molecule has 0 spiro atoms. The Kier molecular flexibility index (Phi) is 3.12. The van der Waals surface area contributed by atoms with Crippen LogP contribution < -0.4 is 5.46 Å². The first-order valence-electron chi connectivity index (χ1n) is 4.17. The number of carbonyl (C=O) groups is 1. The third-order valence-corrected chi connectivity index (χ3v) is 1.99. The zero-order valence-electron chi connectivity index (χ0n) is 7.53. The molecule has 2 radical (unpaired) electrons. The molecule has 1 N–H and O–H groups in total. The van der Waals surface area contributed by atoms with Crippen LogP contribution in [-0.4, -0.2) is 18.9 Å². The number of benzene rings is 1. The molecule has 0 aromatic heterocycles. The van der Waals surface area contributed by atoms with Crippen molar-refractivity contribution in [2.75, 3.05) is 0 Å². The summed E-state index contributed by atoms with van der Waals surface area (Å²) in [6, 6.07) is 7.30. The summed E-state index contributed by atoms with van der Waals surface area (Å²) in [6.07, 6.45) is 0.157. The normalized spacial score (nSPS) is 12.4. The maximum Gasteiger partial charge on any atom is 0.303 e. The molecule has 1 unspecified atom stereocenters. The van der Waals surface area contributed by atoms with Crippen LogP contribution in [0.5, 0.6) is 0 Å². The van der Waals surface area contributed by atoms with Gasteiger partial charge < -0.3 is 5.11 Å². The van der Waals surface area contributed by atoms with Crippen molar-refractivity contribution in [3.05, 3.63) is 29.8 Å². The Morgan fingerprint density at radius 3 is 2.46 bits per heavy atom. The van der Waals surface area contributed by atoms with Gasteiger partial charge in [-0.25, -0.2) is 0 Å². The lowest BCUT2D eigenvalue weighted by atomic mass is 9.91. The van der Waals surface area contributed by atoms with Gasteiger partial charge >= 0.3 is 5.97 Å². The summed E-state index contributed by atoms with van der Waals surface area (Å²) >= 11 is 0. The van der Waals surface area contributed by atoms with E-state index >= 15 is 0 Å². The van der Waals surface area contributed by atoms with Crippen molar-refractivity contribution < 1.29 is 9.90 Å². The molecule has 3 heteroatoms. The second kappa shape index (κ2) is 4.12. The summed E-state index contributed by atoms with van der Waals surface area (Å²) in [5, 5.41) is 8.58. The highest BCUT2D eigenvalue weighted by atomic mass is 16.4. The van der Waals surface area contributed by atoms with Gasteiger partial charge in [0.25, 0.3) is 0 Å². The van der Waals surface area contributed by atoms with Gasteiger partial charge in [-0.1, -0.05) is 36.7 Å². The van der Waals surface area contributed by atoms with Crippen molar-refractivity contribution in [3.8, 4) is 0 Å². The highest BCUT2D eigenvalue weighted by Gasteiger charge is 2.08. The second-order valence-electron chi connectivity index (χ2n) is 3.17. The lowest BCUT2D eigenvalue weighted by Crippen LogP contribution is -2.05. The number of aliphatic carboxylic acids is 1. The SMILES string of the molecule is [B]c1ccc(C(C)CC(=O)O)cc1. The molecular weight excluding hydrogens is 163 g/mol. The predicted octanol–water partition coefficient (Wildman–Crippen LogP) is 1.06. The van der Waals surface area contributed by atoms with Gasteiger partial charge in [0.1, 0.15) is 7.85 Å². The Morgan fingerprint density at radius 1 is 1.46 bits per heavy atom. The molecule has 66 valence electrons. The summed E-state index contributed by atoms with van der Waals surface area (Å²) in [5.74, 6) is -0.734. The van der Waals surface area contributed by atoms with Crippen LogP contribution in [0.4, 0.5) is 0 Å². The Morgan fingerprint density at radius 2 is 2.00 bits per heavy atom. The quantitative estimate of drug-likeness (QED) is 0.695. The predicted molar refractivity (Wildman–Crippen MR) is 52.5 cm³/mol. The van der Waals surface area contributed by atoms with Crippen molar-refractivity contribution in [1.29, 1.82) is 0 Å². The van der Waals surface area contributed by atoms with E-state index in [4.69, 9.17) is 13.0 Å². The van der Waals surface area contributed by atoms with Gasteiger partial charge in [0.05, 0.1) is 6.42 Å². The molecular formula is C10H11BO2. The highest BCUT2D eigenvalue weighted by Crippen LogP contribution is 2.17. The molecule has 1 rings (SSSR count). The van der Waals surface area contributed by atoms with Gasteiger partial charge in [0.15, 0.2) is 0 Å². The van der Waals surface area contributed by atoms with E-state index in [1.807, 2.05) is 19.1 Å². The molecule has 0 saturated carbocycles. The Hall–Kier alpha value is -1.25. The topological polar surface area (TPSA) is 37.3 Å². The Bertz CT molecular complexity index is 292. The van der Waals surface area contributed by atoms with Crippen LogP contribution in [0, 0.1) is 0 Å². The van der Waals surface area contributed by atoms with Gasteiger partial charge in [-0.05, 0) is 11.5 Å². The molecule has 1 atom stereocenters. The standard InChI is InChI=1S/C10H11BO2/c1-7(6-10(12)13)8-2-4-9(11)5-3-8/h2-5,7H,6H2,1H3,(H,12,13). The Balaban J connectivity index is 2.71. The van der Waals surface area contributed by atoms with E-state index in [0.717, 1.165) is 5.56 Å². The number of carboxylic acid groups (broad SMARTS) is 1. The maximum atomic E-state index is 10.4. The molecule has 0 fully saturated rings. The van der Waals surface area contributed by atoms with Crippen molar-refractivity contribution >= 4 is 19.3 Å². The van der Waals surface area contributed by atoms with Gasteiger partial charge in [-0.2, -0.15) is 0 Å². The fraction of sp³-hybridized carbons (Fsp3) is 0.300. The van der Waals surface area contributed by atoms with Crippen molar-refractivity contribution in [3.63, 3.8) is 0 Å². The van der Waals surface area contributed by atoms with Gasteiger partial charge in [-0.15, -0.1) is 0 Å². The molecule has 0 aliphatic rings. The van der Waals surface area contributed by atoms with Crippen LogP contribution in [0.25, 0.3) is 0 Å². The fourth-order valence-corrected chi connectivity index (χ4v) is 1.20. The van der Waals surface area contributed by atoms with Crippen LogP contribution in [0.2, 0.25) is 0 Å². The maximum absolute atomic E-state index is 10.4. The van der Waals surface area contributed by atoms with Crippen LogP contribution in [-0.2, 0) is 4.79 Å². The molecule has 13 heavy (non-hydrogen) atoms. The first kappa shape index (κ1) is 9.84. The molecule has 1 aromatic rings. The molecule has 0 saturated heterocycles. The zero-order valence-corrected chi connectivity index (χ0v) is 7.53. The van der Waals surface area contributed by atoms with Crippen LogP contribution in [0.15, 0.2) is 24.3 Å². The largest absolute Gasteiger partial charge is 0.481 e. The number of carboxylic acids is 1. The van der Waals surface area contributed by atoms with Crippen LogP contribution >= 0.6 is 0 Å². The highest BCUT2D eigenvalue weighted by molar-refractivity contribution is 6.32. The van der Waals surface area contributed by atoms with E-state index in [1.54, 1.807) is 12.1 Å². The van der Waals surface area contributed by atoms with Crippen molar-refractivity contribution in [2.45, 2.75) is 19.3 Å². The molecule has 0 heterocycles. The van der Waals surface area contributed by atoms with E-state index in [9.17, 15) is 4.79 Å². The fourth-order valence-electron chi connectivity index (χ4n) is 1.20. The minimum absolute atomic E-state index is 0.0399. The number of hydrogen-bond acceptors (Lipinski definition) is 1. The summed E-state index contributed by atoms with van der Waals surface area (Å²) in [4.78, 5) is 10.4. The molecule has 1 aromatic carbocycles. The second-order valence-corrected chi connectivity index (χ2v) is 3.17. The minimum Gasteiger partial charge on any atom is -0.481 e. The van der Waals surface area contributed by atoms with Gasteiger partial charge in [0.2, 0.25) is 0 Å². The van der Waals surface area contributed by atoms with Crippen LogP contribution in [0.3, 0.4) is 0 Å². The molecule has 0 bridgehead atoms. The van der Waals surface area contributed by atoms with E-state index < -0.39 is 5.97 Å². The van der Waals surface area contributed by atoms with E-state index in [2.05, 4.69) is 0 Å². The Labute approximate surface area is 79.0 Å². The van der Waals surface area contributed by atoms with Crippen molar-refractivity contribution in [1.82, 2.24) is 0 Å². The lowest BCUT2D eigenvalue weighted by molar-refractivity contribution is -0.137. The molecule has 2 nitrogen and oxygen atoms in total. The monoisotopic (exact) mass is 174 g/mol. The number of hydrogen-bond donors (Lipinski definition) is 1. The summed E-state index contributed by atoms with van der Waals surface area (Å²) < 4.78 is 0. The van der Waals surface area contributed by atoms with Gasteiger partial charge in [0, 0.05) is 0 Å². The summed E-state index contributed by atoms with van der Waals surface area (Å²) in [5.41, 5.74) is 1.71. The summed E-state index contributed by atoms with van der Waals surface area (Å²) in [7, 11) is 5.51. The smallest absolute Gasteiger partial charge is 0.303 e. The minimum atomic E-state index is -0.774. The lowest BCUT2D eigenvalue weighted by Gasteiger charge is -2.08. The average Bonchev–Trinajstić information content (AvgIpc) is 2.04. The van der Waals surface area contributed by atoms with Crippen LogP contribution in [0.1, 0.15) is 24.8 Å². The first-order valence-corrected chi connectivity index (χ1v) is 4.17. The molecule has 0 aliphatic carbocycles. The zero-order chi connectivity index (χ0) is 9.84. The summed E-state index contributed by atoms with van der Waals surface area (Å²) in [6.45, 7) is 1.89. The third-order valence-electron chi connectivity index (χ3n) is 1.99. The van der Waals surface area contributed by atoms with E-state index in [0.29, 0.717) is 5.46 Å².